The van der Waals surface area contributed by atoms with Crippen LogP contribution in [0, 0.1) is 28.1 Å². The fourth-order valence-electron chi connectivity index (χ4n) is 11.9. The zero-order chi connectivity index (χ0) is 42.1. The van der Waals surface area contributed by atoms with E-state index in [9.17, 15) is 4.79 Å². The van der Waals surface area contributed by atoms with E-state index in [4.69, 9.17) is 28.1 Å². The predicted molar refractivity (Wildman–Crippen MR) is 233 cm³/mol. The summed E-state index contributed by atoms with van der Waals surface area (Å²) in [5.74, 6) is -1.81. The molecule has 0 radical (unpaired) electrons. The first-order valence-corrected chi connectivity index (χ1v) is 23.4. The first kappa shape index (κ1) is 43.4. The molecular weight excluding hydrogens is 757 g/mol. The maximum Gasteiger partial charge on any atom is 0.338 e. The SMILES string of the molecule is C=CC[C@]1([C@@H]2C(=C)CC[C@H]2OCOC)C(=O)[C@]23CC[C@@]1(COC(=O)c1ccccc1)[C@H](CCCO[Si](c1ccccc1)(c1ccccc1)C(C)(C)C)[C@H]2OC(C)(C)OC3. The van der Waals surface area contributed by atoms with Crippen LogP contribution >= 0.6 is 0 Å². The average Bonchev–Trinajstić information content (AvgIpc) is 3.61. The maximum atomic E-state index is 16.1. The van der Waals surface area contributed by atoms with Crippen molar-refractivity contribution in [3.05, 3.63) is 121 Å². The molecule has 2 bridgehead atoms. The van der Waals surface area contributed by atoms with Crippen LogP contribution < -0.4 is 10.4 Å². The Bertz CT molecular complexity index is 1920. The van der Waals surface area contributed by atoms with Gasteiger partial charge in [-0.3, -0.25) is 4.79 Å². The van der Waals surface area contributed by atoms with E-state index in [0.717, 1.165) is 12.0 Å². The number of benzene rings is 3. The number of ketones is 1. The summed E-state index contributed by atoms with van der Waals surface area (Å²) < 4.78 is 39.4. The normalized spacial score (nSPS) is 30.2. The molecule has 1 aliphatic heterocycles. The number of Topliss-reactive ketones (excluding diaryl/α,β-unsaturated/α-hetero) is 1. The Kier molecular flexibility index (Phi) is 12.5. The van der Waals surface area contributed by atoms with Crippen molar-refractivity contribution in [1.82, 2.24) is 0 Å². The largest absolute Gasteiger partial charge is 0.461 e. The van der Waals surface area contributed by atoms with E-state index in [1.807, 2.05) is 38.1 Å². The molecule has 0 N–H and O–H groups in total. The van der Waals surface area contributed by atoms with Crippen LogP contribution in [0.3, 0.4) is 0 Å². The highest BCUT2D eigenvalue weighted by Crippen LogP contribution is 2.74. The van der Waals surface area contributed by atoms with Crippen molar-refractivity contribution in [3.63, 3.8) is 0 Å². The van der Waals surface area contributed by atoms with Gasteiger partial charge in [0.25, 0.3) is 8.32 Å². The molecule has 5 fully saturated rings. The van der Waals surface area contributed by atoms with Gasteiger partial charge in [0.05, 0.1) is 41.8 Å². The number of carbonyl (C=O) groups is 2. The van der Waals surface area contributed by atoms with Gasteiger partial charge in [0.15, 0.2) is 11.6 Å². The highest BCUT2D eigenvalue weighted by molar-refractivity contribution is 6.99. The van der Waals surface area contributed by atoms with Gasteiger partial charge in [-0.05, 0) is 92.3 Å². The Labute approximate surface area is 352 Å². The van der Waals surface area contributed by atoms with Crippen LogP contribution in [-0.2, 0) is 32.9 Å². The highest BCUT2D eigenvalue weighted by Gasteiger charge is 2.79. The van der Waals surface area contributed by atoms with Crippen LogP contribution in [-0.4, -0.2) is 71.8 Å². The molecule has 8 nitrogen and oxygen atoms in total. The number of ether oxygens (including phenoxy) is 5. The quantitative estimate of drug-likeness (QED) is 0.0466. The smallest absolute Gasteiger partial charge is 0.338 e. The van der Waals surface area contributed by atoms with Gasteiger partial charge in [-0.1, -0.05) is 118 Å². The minimum Gasteiger partial charge on any atom is -0.461 e. The van der Waals surface area contributed by atoms with Crippen LogP contribution in [0.15, 0.2) is 116 Å². The fourth-order valence-corrected chi connectivity index (χ4v) is 16.5. The molecule has 4 aliphatic carbocycles. The van der Waals surface area contributed by atoms with Crippen molar-refractivity contribution in [2.75, 3.05) is 33.7 Å². The van der Waals surface area contributed by atoms with Crippen LogP contribution in [0.1, 0.15) is 89.9 Å². The third-order valence-electron chi connectivity index (χ3n) is 14.3. The summed E-state index contributed by atoms with van der Waals surface area (Å²) in [5.41, 5.74) is -1.39. The summed E-state index contributed by atoms with van der Waals surface area (Å²) in [6.45, 7) is 20.5. The molecular formula is C50H64O8Si. The van der Waals surface area contributed by atoms with Crippen molar-refractivity contribution >= 4 is 30.4 Å². The van der Waals surface area contributed by atoms with E-state index in [-0.39, 0.29) is 48.8 Å². The average molecular weight is 821 g/mol. The van der Waals surface area contributed by atoms with Gasteiger partial charge in [-0.25, -0.2) is 4.79 Å². The summed E-state index contributed by atoms with van der Waals surface area (Å²) in [6, 6.07) is 30.5. The van der Waals surface area contributed by atoms with Crippen molar-refractivity contribution in [3.8, 4) is 0 Å². The Hall–Kier alpha value is -3.70. The lowest BCUT2D eigenvalue weighted by molar-refractivity contribution is -0.364. The lowest BCUT2D eigenvalue weighted by Gasteiger charge is -2.72. The van der Waals surface area contributed by atoms with Gasteiger partial charge in [0.2, 0.25) is 0 Å². The number of methoxy groups -OCH3 is 1. The van der Waals surface area contributed by atoms with Gasteiger partial charge >= 0.3 is 5.97 Å². The molecule has 9 heteroatoms. The number of carbonyl (C=O) groups excluding carboxylic acids is 2. The second kappa shape index (κ2) is 17.0. The number of fused-ring (bicyclic) bond motifs is 2. The first-order valence-electron chi connectivity index (χ1n) is 21.5. The molecule has 5 aliphatic rings. The summed E-state index contributed by atoms with van der Waals surface area (Å²) in [6.07, 6.45) is 5.48. The Balaban J connectivity index is 1.34. The molecule has 4 saturated carbocycles. The highest BCUT2D eigenvalue weighted by atomic mass is 28.4. The minimum absolute atomic E-state index is 0.0402. The first-order chi connectivity index (χ1) is 28.2. The summed E-state index contributed by atoms with van der Waals surface area (Å²) in [5, 5.41) is 2.27. The van der Waals surface area contributed by atoms with Crippen molar-refractivity contribution in [2.24, 2.45) is 28.1 Å². The van der Waals surface area contributed by atoms with Gasteiger partial charge in [-0.2, -0.15) is 0 Å². The van der Waals surface area contributed by atoms with Crippen LogP contribution in [0.25, 0.3) is 0 Å². The zero-order valence-electron chi connectivity index (χ0n) is 36.0. The Morgan fingerprint density at radius 2 is 1.58 bits per heavy atom. The number of rotatable bonds is 16. The van der Waals surface area contributed by atoms with E-state index in [1.54, 1.807) is 19.2 Å². The van der Waals surface area contributed by atoms with Gasteiger partial charge < -0.3 is 28.1 Å². The van der Waals surface area contributed by atoms with Gasteiger partial charge in [-0.15, -0.1) is 6.58 Å². The molecule has 59 heavy (non-hydrogen) atoms. The van der Waals surface area contributed by atoms with Crippen molar-refractivity contribution in [1.29, 1.82) is 0 Å². The van der Waals surface area contributed by atoms with Gasteiger partial charge in [0.1, 0.15) is 6.79 Å². The number of hydrogen-bond acceptors (Lipinski definition) is 8. The molecule has 1 saturated heterocycles. The Morgan fingerprint density at radius 1 is 0.949 bits per heavy atom. The molecule has 316 valence electrons. The lowest BCUT2D eigenvalue weighted by atomic mass is 9.33. The molecule has 8 rings (SSSR count). The molecule has 3 aromatic carbocycles. The second-order valence-electron chi connectivity index (χ2n) is 18.8. The Morgan fingerprint density at radius 3 is 2.17 bits per heavy atom. The summed E-state index contributed by atoms with van der Waals surface area (Å²) in [7, 11) is -1.22. The minimum atomic E-state index is -2.83. The third-order valence-corrected chi connectivity index (χ3v) is 19.3. The number of hydrogen-bond donors (Lipinski definition) is 0. The summed E-state index contributed by atoms with van der Waals surface area (Å²) >= 11 is 0. The number of esters is 1. The second-order valence-corrected chi connectivity index (χ2v) is 23.1. The maximum absolute atomic E-state index is 16.1. The molecule has 0 amide bonds. The van der Waals surface area contributed by atoms with E-state index >= 15 is 4.79 Å². The molecule has 0 aromatic heterocycles. The van der Waals surface area contributed by atoms with E-state index in [1.165, 1.54) is 10.4 Å². The van der Waals surface area contributed by atoms with E-state index < -0.39 is 42.4 Å². The van der Waals surface area contributed by atoms with Crippen LogP contribution in [0.4, 0.5) is 0 Å². The van der Waals surface area contributed by atoms with E-state index in [0.29, 0.717) is 50.7 Å². The van der Waals surface area contributed by atoms with Crippen LogP contribution in [0.2, 0.25) is 5.04 Å². The molecule has 1 spiro atoms. The molecule has 1 heterocycles. The van der Waals surface area contributed by atoms with Crippen molar-refractivity contribution < 1.29 is 37.7 Å². The van der Waals surface area contributed by atoms with E-state index in [2.05, 4.69) is 94.6 Å². The van der Waals surface area contributed by atoms with Crippen molar-refractivity contribution in [2.45, 2.75) is 103 Å². The topological polar surface area (TPSA) is 89.5 Å². The summed E-state index contributed by atoms with van der Waals surface area (Å²) in [4.78, 5) is 30.0. The predicted octanol–water partition coefficient (Wildman–Crippen LogP) is 8.84. The standard InChI is InChI=1S/C50H64O8Si/c1-9-29-50(42-36(2)27-28-41(42)55-35-53-8)45(52)48-30-31-49(50,34-54-44(51)37-20-13-10-14-21-37)40(43(48)58-47(6,7)56-33-48)26-19-32-57-59(46(3,4)5,38-22-15-11-16-23-38)39-24-17-12-18-25-39/h9-18,20-25,40-43H,1-2,19,26-35H2,3-8H3/t40-,41-,42-,43-,48+,49-,50+/m1/s1. The molecule has 7 atom stereocenters. The van der Waals surface area contributed by atoms with Gasteiger partial charge in [0, 0.05) is 25.0 Å². The fraction of sp³-hybridized carbons (Fsp3) is 0.520. The van der Waals surface area contributed by atoms with Crippen LogP contribution in [0.5, 0.6) is 0 Å². The lowest BCUT2D eigenvalue weighted by Crippen LogP contribution is -2.78. The number of allylic oxidation sites excluding steroid dienone is 1. The molecule has 0 unspecified atom stereocenters. The molecule has 3 aromatic rings. The monoisotopic (exact) mass is 820 g/mol. The zero-order valence-corrected chi connectivity index (χ0v) is 37.0. The third kappa shape index (κ3) is 7.33.